The summed E-state index contributed by atoms with van der Waals surface area (Å²) in [6, 6.07) is 6.00. The molecule has 112 valence electrons. The van der Waals surface area contributed by atoms with Crippen LogP contribution in [0, 0.1) is 11.7 Å². The molecule has 2 nitrogen and oxygen atoms in total. The summed E-state index contributed by atoms with van der Waals surface area (Å²) in [7, 11) is 0. The topological polar surface area (TPSA) is 21.3 Å². The van der Waals surface area contributed by atoms with Crippen LogP contribution in [0.1, 0.15) is 51.2 Å². The molecule has 1 fully saturated rings. The lowest BCUT2D eigenvalue weighted by molar-refractivity contribution is 0.0382. The van der Waals surface area contributed by atoms with Crippen LogP contribution in [0.2, 0.25) is 0 Å². The van der Waals surface area contributed by atoms with Gasteiger partial charge in [-0.15, -0.1) is 0 Å². The van der Waals surface area contributed by atoms with Crippen molar-refractivity contribution in [1.82, 2.24) is 5.32 Å². The SMILES string of the molecule is CC(C)CC(C)OCc1cc(CNC2CC2)ccc1F. The quantitative estimate of drug-likeness (QED) is 0.775. The van der Waals surface area contributed by atoms with E-state index in [0.29, 0.717) is 24.1 Å². The summed E-state index contributed by atoms with van der Waals surface area (Å²) < 4.78 is 19.5. The van der Waals surface area contributed by atoms with Gasteiger partial charge in [0, 0.05) is 18.2 Å². The van der Waals surface area contributed by atoms with E-state index in [2.05, 4.69) is 26.1 Å². The highest BCUT2D eigenvalue weighted by Gasteiger charge is 2.20. The maximum absolute atomic E-state index is 13.8. The van der Waals surface area contributed by atoms with Gasteiger partial charge in [-0.1, -0.05) is 19.9 Å². The molecule has 1 N–H and O–H groups in total. The van der Waals surface area contributed by atoms with E-state index in [1.54, 1.807) is 6.07 Å². The third kappa shape index (κ3) is 5.22. The van der Waals surface area contributed by atoms with Crippen molar-refractivity contribution in [2.75, 3.05) is 0 Å². The van der Waals surface area contributed by atoms with Gasteiger partial charge in [-0.05, 0) is 49.8 Å². The molecule has 1 unspecified atom stereocenters. The van der Waals surface area contributed by atoms with Crippen LogP contribution in [0.5, 0.6) is 0 Å². The van der Waals surface area contributed by atoms with Crippen LogP contribution < -0.4 is 5.32 Å². The zero-order valence-corrected chi connectivity index (χ0v) is 12.8. The van der Waals surface area contributed by atoms with Crippen molar-refractivity contribution in [3.63, 3.8) is 0 Å². The highest BCUT2D eigenvalue weighted by atomic mass is 19.1. The molecule has 1 aromatic carbocycles. The Morgan fingerprint density at radius 2 is 2.05 bits per heavy atom. The Balaban J connectivity index is 1.86. The van der Waals surface area contributed by atoms with Gasteiger partial charge in [0.1, 0.15) is 5.82 Å². The van der Waals surface area contributed by atoms with Gasteiger partial charge in [0.15, 0.2) is 0 Å². The van der Waals surface area contributed by atoms with Gasteiger partial charge in [0.05, 0.1) is 12.7 Å². The molecule has 1 atom stereocenters. The van der Waals surface area contributed by atoms with E-state index in [0.717, 1.165) is 18.5 Å². The number of hydrogen-bond donors (Lipinski definition) is 1. The summed E-state index contributed by atoms with van der Waals surface area (Å²) in [5, 5.41) is 3.45. The van der Waals surface area contributed by atoms with E-state index < -0.39 is 0 Å². The second kappa shape index (κ2) is 7.19. The summed E-state index contributed by atoms with van der Waals surface area (Å²) in [6.07, 6.45) is 3.71. The smallest absolute Gasteiger partial charge is 0.128 e. The molecule has 1 aliphatic carbocycles. The van der Waals surface area contributed by atoms with Crippen molar-refractivity contribution in [2.24, 2.45) is 5.92 Å². The number of ether oxygens (including phenoxy) is 1. The Morgan fingerprint density at radius 1 is 1.30 bits per heavy atom. The molecule has 0 bridgehead atoms. The van der Waals surface area contributed by atoms with Crippen LogP contribution in [-0.4, -0.2) is 12.1 Å². The zero-order valence-electron chi connectivity index (χ0n) is 12.8. The molecule has 2 rings (SSSR count). The average Bonchev–Trinajstić information content (AvgIpc) is 3.19. The predicted molar refractivity (Wildman–Crippen MR) is 80.0 cm³/mol. The van der Waals surface area contributed by atoms with Crippen molar-refractivity contribution >= 4 is 0 Å². The first kappa shape index (κ1) is 15.5. The maximum atomic E-state index is 13.8. The molecule has 0 aromatic heterocycles. The lowest BCUT2D eigenvalue weighted by Gasteiger charge is -2.16. The number of benzene rings is 1. The van der Waals surface area contributed by atoms with Gasteiger partial charge in [-0.25, -0.2) is 4.39 Å². The summed E-state index contributed by atoms with van der Waals surface area (Å²) in [4.78, 5) is 0. The Kier molecular flexibility index (Phi) is 5.55. The molecule has 20 heavy (non-hydrogen) atoms. The van der Waals surface area contributed by atoms with E-state index in [1.165, 1.54) is 12.8 Å². The van der Waals surface area contributed by atoms with E-state index in [1.807, 2.05) is 12.1 Å². The van der Waals surface area contributed by atoms with Gasteiger partial charge >= 0.3 is 0 Å². The molecule has 0 heterocycles. The summed E-state index contributed by atoms with van der Waals surface area (Å²) >= 11 is 0. The molecular weight excluding hydrogens is 253 g/mol. The third-order valence-corrected chi connectivity index (χ3v) is 3.61. The van der Waals surface area contributed by atoms with Crippen LogP contribution in [0.4, 0.5) is 4.39 Å². The lowest BCUT2D eigenvalue weighted by atomic mass is 10.1. The molecule has 0 amide bonds. The Morgan fingerprint density at radius 3 is 2.70 bits per heavy atom. The first-order valence-corrected chi connectivity index (χ1v) is 7.67. The maximum Gasteiger partial charge on any atom is 0.128 e. The van der Waals surface area contributed by atoms with Crippen LogP contribution >= 0.6 is 0 Å². The minimum absolute atomic E-state index is 0.169. The van der Waals surface area contributed by atoms with E-state index in [9.17, 15) is 4.39 Å². The normalized spacial score (nSPS) is 16.6. The van der Waals surface area contributed by atoms with Crippen molar-refractivity contribution in [2.45, 2.75) is 65.3 Å². The zero-order chi connectivity index (χ0) is 14.5. The molecule has 0 aliphatic heterocycles. The molecule has 1 aliphatic rings. The van der Waals surface area contributed by atoms with Crippen molar-refractivity contribution < 1.29 is 9.13 Å². The molecule has 1 saturated carbocycles. The van der Waals surface area contributed by atoms with Gasteiger partial charge in [-0.2, -0.15) is 0 Å². The van der Waals surface area contributed by atoms with E-state index >= 15 is 0 Å². The van der Waals surface area contributed by atoms with Gasteiger partial charge < -0.3 is 10.1 Å². The third-order valence-electron chi connectivity index (χ3n) is 3.61. The van der Waals surface area contributed by atoms with E-state index in [4.69, 9.17) is 4.74 Å². The predicted octanol–water partition coefficient (Wildman–Crippen LogP) is 4.03. The van der Waals surface area contributed by atoms with Crippen molar-refractivity contribution in [1.29, 1.82) is 0 Å². The Hall–Kier alpha value is -0.930. The fraction of sp³-hybridized carbons (Fsp3) is 0.647. The number of nitrogens with one attached hydrogen (secondary N) is 1. The first-order valence-electron chi connectivity index (χ1n) is 7.67. The highest BCUT2D eigenvalue weighted by Crippen LogP contribution is 2.20. The number of rotatable bonds is 8. The largest absolute Gasteiger partial charge is 0.374 e. The fourth-order valence-electron chi connectivity index (χ4n) is 2.36. The first-order chi connectivity index (χ1) is 9.54. The second-order valence-electron chi connectivity index (χ2n) is 6.33. The summed E-state index contributed by atoms with van der Waals surface area (Å²) in [6.45, 7) is 7.57. The molecule has 0 radical (unpaired) electrons. The molecule has 0 saturated heterocycles. The molecule has 1 aromatic rings. The average molecular weight is 279 g/mol. The Bertz CT molecular complexity index is 429. The van der Waals surface area contributed by atoms with Crippen molar-refractivity contribution in [3.05, 3.63) is 35.1 Å². The molecule has 0 spiro atoms. The summed E-state index contributed by atoms with van der Waals surface area (Å²) in [5.41, 5.74) is 1.80. The number of halogens is 1. The van der Waals surface area contributed by atoms with Gasteiger partial charge in [-0.3, -0.25) is 0 Å². The minimum Gasteiger partial charge on any atom is -0.374 e. The highest BCUT2D eigenvalue weighted by molar-refractivity contribution is 5.24. The Labute approximate surface area is 121 Å². The van der Waals surface area contributed by atoms with Crippen LogP contribution in [0.3, 0.4) is 0 Å². The molecular formula is C17H26FNO. The standard InChI is InChI=1S/C17H26FNO/c1-12(2)8-13(3)20-11-15-9-14(4-7-17(15)18)10-19-16-5-6-16/h4,7,9,12-13,16,19H,5-6,8,10-11H2,1-3H3. The van der Waals surface area contributed by atoms with Crippen LogP contribution in [0.25, 0.3) is 0 Å². The van der Waals surface area contributed by atoms with Gasteiger partial charge in [0.25, 0.3) is 0 Å². The minimum atomic E-state index is -0.170. The van der Waals surface area contributed by atoms with Gasteiger partial charge in [0.2, 0.25) is 0 Å². The van der Waals surface area contributed by atoms with Crippen LogP contribution in [0.15, 0.2) is 18.2 Å². The molecule has 3 heteroatoms. The van der Waals surface area contributed by atoms with Crippen molar-refractivity contribution in [3.8, 4) is 0 Å². The number of hydrogen-bond acceptors (Lipinski definition) is 2. The summed E-state index contributed by atoms with van der Waals surface area (Å²) in [5.74, 6) is 0.431. The van der Waals surface area contributed by atoms with Crippen LogP contribution in [-0.2, 0) is 17.9 Å². The second-order valence-corrected chi connectivity index (χ2v) is 6.33. The van der Waals surface area contributed by atoms with E-state index in [-0.39, 0.29) is 11.9 Å². The monoisotopic (exact) mass is 279 g/mol. The fourth-order valence-corrected chi connectivity index (χ4v) is 2.36. The lowest BCUT2D eigenvalue weighted by Crippen LogP contribution is -2.16.